The molecule has 8 heteroatoms. The number of nitrogen functional groups attached to an aromatic ring is 1. The van der Waals surface area contributed by atoms with E-state index in [1.165, 1.54) is 5.69 Å². The molecule has 0 bridgehead atoms. The molecule has 2 N–H and O–H groups in total. The molecule has 0 aliphatic carbocycles. The molecule has 8 nitrogen and oxygen atoms in total. The van der Waals surface area contributed by atoms with Crippen molar-refractivity contribution in [2.45, 2.75) is 51.7 Å². The van der Waals surface area contributed by atoms with Crippen molar-refractivity contribution < 1.29 is 14.3 Å². The van der Waals surface area contributed by atoms with E-state index in [2.05, 4.69) is 10.00 Å². The van der Waals surface area contributed by atoms with Crippen LogP contribution >= 0.6 is 0 Å². The Morgan fingerprint density at radius 1 is 1.16 bits per heavy atom. The van der Waals surface area contributed by atoms with Gasteiger partial charge in [0.2, 0.25) is 0 Å². The van der Waals surface area contributed by atoms with E-state index >= 15 is 0 Å². The van der Waals surface area contributed by atoms with Gasteiger partial charge in [-0.3, -0.25) is 4.68 Å². The average molecular weight is 428 g/mol. The summed E-state index contributed by atoms with van der Waals surface area (Å²) in [5.41, 5.74) is 11.0. The number of hydrogen-bond acceptors (Lipinski definition) is 6. The minimum Gasteiger partial charge on any atom is -0.495 e. The molecule has 168 valence electrons. The molecule has 1 amide bonds. The fraction of sp³-hybridized carbons (Fsp3) is 0.565. The first-order valence-corrected chi connectivity index (χ1v) is 10.9. The number of methoxy groups -OCH3 is 1. The first-order chi connectivity index (χ1) is 14.7. The van der Waals surface area contributed by atoms with Crippen LogP contribution in [0.2, 0.25) is 0 Å². The van der Waals surface area contributed by atoms with Gasteiger partial charge in [0.1, 0.15) is 11.4 Å². The first-order valence-electron chi connectivity index (χ1n) is 10.9. The van der Waals surface area contributed by atoms with Crippen molar-refractivity contribution >= 4 is 17.5 Å². The van der Waals surface area contributed by atoms with E-state index in [1.54, 1.807) is 7.11 Å². The molecule has 0 atom stereocenters. The molecule has 2 aliphatic heterocycles. The number of carbonyl (C=O) groups is 1. The summed E-state index contributed by atoms with van der Waals surface area (Å²) < 4.78 is 13.0. The summed E-state index contributed by atoms with van der Waals surface area (Å²) >= 11 is 0. The van der Waals surface area contributed by atoms with Crippen molar-refractivity contribution in [1.29, 1.82) is 0 Å². The number of aromatic nitrogens is 2. The number of fused-ring (bicyclic) bond motifs is 3. The third-order valence-corrected chi connectivity index (χ3v) is 6.16. The van der Waals surface area contributed by atoms with E-state index in [1.807, 2.05) is 55.7 Å². The molecule has 0 saturated carbocycles. The third-order valence-electron chi connectivity index (χ3n) is 6.16. The highest BCUT2D eigenvalue weighted by molar-refractivity contribution is 5.86. The topological polar surface area (TPSA) is 85.9 Å². The lowest BCUT2D eigenvalue weighted by atomic mass is 9.99. The highest BCUT2D eigenvalue weighted by Crippen LogP contribution is 2.43. The van der Waals surface area contributed by atoms with Crippen LogP contribution in [0.1, 0.15) is 39.3 Å². The normalized spacial score (nSPS) is 17.1. The van der Waals surface area contributed by atoms with Crippen LogP contribution < -0.4 is 15.4 Å². The molecule has 1 aromatic heterocycles. The molecule has 1 aromatic carbocycles. The zero-order valence-corrected chi connectivity index (χ0v) is 19.1. The van der Waals surface area contributed by atoms with E-state index in [4.69, 9.17) is 15.2 Å². The minimum absolute atomic E-state index is 0.227. The molecule has 4 rings (SSSR count). The van der Waals surface area contributed by atoms with Crippen molar-refractivity contribution in [3.8, 4) is 16.9 Å². The predicted octanol–water partition coefficient (Wildman–Crippen LogP) is 3.44. The van der Waals surface area contributed by atoms with Gasteiger partial charge in [-0.15, -0.1) is 0 Å². The van der Waals surface area contributed by atoms with Gasteiger partial charge in [-0.05, 0) is 39.7 Å². The van der Waals surface area contributed by atoms with Crippen LogP contribution in [-0.2, 0) is 18.2 Å². The predicted molar refractivity (Wildman–Crippen MR) is 121 cm³/mol. The van der Waals surface area contributed by atoms with Gasteiger partial charge in [-0.1, -0.05) is 0 Å². The van der Waals surface area contributed by atoms with Crippen LogP contribution in [0, 0.1) is 0 Å². The Labute approximate surface area is 183 Å². The first kappa shape index (κ1) is 21.3. The summed E-state index contributed by atoms with van der Waals surface area (Å²) in [5, 5.41) is 4.48. The standard InChI is InChI=1S/C23H33N5O3/c1-23(2,3)31-22(29)27-9-6-15(7-10-27)28-11-8-19-17(14-25-26(19)4)16-12-18(24)21(30-5)13-20(16)28/h12-15H,6-11,24H2,1-5H3. The van der Waals surface area contributed by atoms with Gasteiger partial charge in [0, 0.05) is 67.7 Å². The zero-order valence-electron chi connectivity index (χ0n) is 19.1. The maximum atomic E-state index is 12.5. The summed E-state index contributed by atoms with van der Waals surface area (Å²) in [4.78, 5) is 16.8. The average Bonchev–Trinajstić information content (AvgIpc) is 3.00. The molecule has 2 aromatic rings. The molecule has 1 fully saturated rings. The number of amides is 1. The van der Waals surface area contributed by atoms with Gasteiger partial charge in [0.15, 0.2) is 0 Å². The van der Waals surface area contributed by atoms with Crippen LogP contribution in [0.4, 0.5) is 16.2 Å². The fourth-order valence-corrected chi connectivity index (χ4v) is 4.61. The lowest BCUT2D eigenvalue weighted by molar-refractivity contribution is 0.0204. The highest BCUT2D eigenvalue weighted by atomic mass is 16.6. The Balaban J connectivity index is 1.60. The van der Waals surface area contributed by atoms with E-state index < -0.39 is 5.60 Å². The molecular weight excluding hydrogens is 394 g/mol. The number of hydrogen-bond donors (Lipinski definition) is 1. The molecule has 2 aliphatic rings. The number of benzene rings is 1. The van der Waals surface area contributed by atoms with Crippen LogP contribution in [0.3, 0.4) is 0 Å². The number of piperidine rings is 1. The maximum absolute atomic E-state index is 12.5. The van der Waals surface area contributed by atoms with Crippen LogP contribution in [0.25, 0.3) is 11.1 Å². The smallest absolute Gasteiger partial charge is 0.410 e. The van der Waals surface area contributed by atoms with Crippen molar-refractivity contribution in [1.82, 2.24) is 14.7 Å². The van der Waals surface area contributed by atoms with E-state index in [9.17, 15) is 4.79 Å². The van der Waals surface area contributed by atoms with Gasteiger partial charge in [-0.2, -0.15) is 5.10 Å². The molecule has 1 saturated heterocycles. The zero-order chi connectivity index (χ0) is 22.3. The van der Waals surface area contributed by atoms with Gasteiger partial charge < -0.3 is 25.0 Å². The van der Waals surface area contributed by atoms with Gasteiger partial charge in [-0.25, -0.2) is 4.79 Å². The van der Waals surface area contributed by atoms with Crippen molar-refractivity contribution in [2.75, 3.05) is 37.4 Å². The third kappa shape index (κ3) is 4.16. The largest absolute Gasteiger partial charge is 0.495 e. The van der Waals surface area contributed by atoms with E-state index in [-0.39, 0.29) is 6.09 Å². The minimum atomic E-state index is -0.478. The van der Waals surface area contributed by atoms with E-state index in [0.717, 1.165) is 42.6 Å². The quantitative estimate of drug-likeness (QED) is 0.739. The Morgan fingerprint density at radius 3 is 2.52 bits per heavy atom. The Morgan fingerprint density at radius 2 is 1.87 bits per heavy atom. The van der Waals surface area contributed by atoms with Crippen molar-refractivity contribution in [3.05, 3.63) is 24.0 Å². The summed E-state index contributed by atoms with van der Waals surface area (Å²) in [6.45, 7) is 7.95. The lowest BCUT2D eigenvalue weighted by Gasteiger charge is -2.40. The highest BCUT2D eigenvalue weighted by Gasteiger charge is 2.33. The van der Waals surface area contributed by atoms with E-state index in [0.29, 0.717) is 30.6 Å². The molecular formula is C23H33N5O3. The number of aryl methyl sites for hydroxylation is 1. The summed E-state index contributed by atoms with van der Waals surface area (Å²) in [6, 6.07) is 4.38. The molecule has 0 unspecified atom stereocenters. The monoisotopic (exact) mass is 427 g/mol. The molecule has 0 radical (unpaired) electrons. The number of carbonyl (C=O) groups excluding carboxylic acids is 1. The fourth-order valence-electron chi connectivity index (χ4n) is 4.61. The SMILES string of the molecule is COc1cc2c(cc1N)-c1cnn(C)c1CCN2C1CCN(C(=O)OC(C)(C)C)CC1. The number of ether oxygens (including phenoxy) is 2. The second-order valence-corrected chi connectivity index (χ2v) is 9.38. The Kier molecular flexibility index (Phi) is 5.49. The number of likely N-dealkylation sites (tertiary alicyclic amines) is 1. The second-order valence-electron chi connectivity index (χ2n) is 9.38. The number of rotatable bonds is 2. The van der Waals surface area contributed by atoms with Gasteiger partial charge in [0.25, 0.3) is 0 Å². The maximum Gasteiger partial charge on any atom is 0.410 e. The van der Waals surface area contributed by atoms with Crippen molar-refractivity contribution in [2.24, 2.45) is 7.05 Å². The summed E-state index contributed by atoms with van der Waals surface area (Å²) in [6.07, 6.45) is 4.37. The summed E-state index contributed by atoms with van der Waals surface area (Å²) in [5.74, 6) is 0.683. The summed E-state index contributed by atoms with van der Waals surface area (Å²) in [7, 11) is 3.63. The second kappa shape index (κ2) is 7.98. The van der Waals surface area contributed by atoms with Crippen LogP contribution in [-0.4, -0.2) is 59.2 Å². The Hall–Kier alpha value is -2.90. The van der Waals surface area contributed by atoms with Crippen molar-refractivity contribution in [3.63, 3.8) is 0 Å². The van der Waals surface area contributed by atoms with Gasteiger partial charge >= 0.3 is 6.09 Å². The number of anilines is 2. The lowest BCUT2D eigenvalue weighted by Crippen LogP contribution is -2.48. The molecule has 0 spiro atoms. The number of nitrogens with zero attached hydrogens (tertiary/aromatic N) is 4. The molecule has 31 heavy (non-hydrogen) atoms. The number of nitrogens with two attached hydrogens (primary N) is 1. The van der Waals surface area contributed by atoms with Crippen LogP contribution in [0.5, 0.6) is 5.75 Å². The molecule has 3 heterocycles. The van der Waals surface area contributed by atoms with Crippen LogP contribution in [0.15, 0.2) is 18.3 Å². The van der Waals surface area contributed by atoms with Gasteiger partial charge in [0.05, 0.1) is 19.0 Å². The Bertz CT molecular complexity index is 970.